The predicted octanol–water partition coefficient (Wildman–Crippen LogP) is 1.11. The highest BCUT2D eigenvalue weighted by molar-refractivity contribution is 7.89. The third kappa shape index (κ3) is 2.63. The first-order chi connectivity index (χ1) is 11.9. The molecular weight excluding hydrogens is 344 g/mol. The molecule has 2 N–H and O–H groups in total. The first-order valence-electron chi connectivity index (χ1n) is 7.34. The molecule has 0 unspecified atom stereocenters. The van der Waals surface area contributed by atoms with Crippen LogP contribution in [0.3, 0.4) is 0 Å². The molecule has 1 aliphatic rings. The highest BCUT2D eigenvalue weighted by atomic mass is 32.2. The van der Waals surface area contributed by atoms with Gasteiger partial charge < -0.3 is 5.11 Å². The van der Waals surface area contributed by atoms with Crippen molar-refractivity contribution in [3.63, 3.8) is 0 Å². The number of nitrogens with zero attached hydrogens (tertiary/aromatic N) is 3. The fraction of sp³-hybridized carbons (Fsp3) is 0.125. The monoisotopic (exact) mass is 360 g/mol. The molecule has 2 heterocycles. The van der Waals surface area contributed by atoms with E-state index in [9.17, 15) is 18.3 Å². The Labute approximate surface area is 145 Å². The number of hydrazine groups is 1. The smallest absolute Gasteiger partial charge is 0.295 e. The maximum absolute atomic E-state index is 12.9. The molecule has 0 spiro atoms. The number of aliphatic hydroxyl groups excluding tert-OH is 1. The number of amides is 1. The van der Waals surface area contributed by atoms with Crippen LogP contribution in [-0.4, -0.2) is 42.8 Å². The van der Waals surface area contributed by atoms with E-state index >= 15 is 0 Å². The summed E-state index contributed by atoms with van der Waals surface area (Å²) in [5.41, 5.74) is 2.38. The summed E-state index contributed by atoms with van der Waals surface area (Å²) in [4.78, 5) is 17.0. The molecule has 0 radical (unpaired) electrons. The van der Waals surface area contributed by atoms with E-state index in [0.29, 0.717) is 0 Å². The molecule has 9 heteroatoms. The highest BCUT2D eigenvalue weighted by Crippen LogP contribution is 2.35. The van der Waals surface area contributed by atoms with Crippen LogP contribution in [0.5, 0.6) is 0 Å². The lowest BCUT2D eigenvalue weighted by molar-refractivity contribution is -0.116. The van der Waals surface area contributed by atoms with Crippen LogP contribution in [0.15, 0.2) is 59.3 Å². The number of anilines is 1. The Hall–Kier alpha value is -2.91. The van der Waals surface area contributed by atoms with E-state index in [1.807, 2.05) is 0 Å². The first-order valence-corrected chi connectivity index (χ1v) is 8.78. The SMILES string of the molecule is CNN(C(=O)C1=C(O)c2ccccc2S(=O)(=O)N1C)c1ccccn1. The average molecular weight is 360 g/mol. The van der Waals surface area contributed by atoms with Crippen molar-refractivity contribution in [3.05, 3.63) is 59.9 Å². The van der Waals surface area contributed by atoms with Crippen LogP contribution < -0.4 is 10.4 Å². The van der Waals surface area contributed by atoms with Crippen molar-refractivity contribution >= 4 is 27.5 Å². The summed E-state index contributed by atoms with van der Waals surface area (Å²) in [7, 11) is -1.23. The molecule has 1 aromatic carbocycles. The van der Waals surface area contributed by atoms with Gasteiger partial charge in [0, 0.05) is 25.9 Å². The maximum atomic E-state index is 12.9. The number of aromatic nitrogens is 1. The second-order valence-corrected chi connectivity index (χ2v) is 7.16. The molecule has 25 heavy (non-hydrogen) atoms. The van der Waals surface area contributed by atoms with E-state index in [2.05, 4.69) is 10.4 Å². The number of carbonyl (C=O) groups excluding carboxylic acids is 1. The van der Waals surface area contributed by atoms with Gasteiger partial charge in [-0.1, -0.05) is 18.2 Å². The number of pyridine rings is 1. The Kier molecular flexibility index (Phi) is 4.19. The number of sulfonamides is 1. The third-order valence-electron chi connectivity index (χ3n) is 3.83. The largest absolute Gasteiger partial charge is 0.505 e. The van der Waals surface area contributed by atoms with Crippen LogP contribution in [0.2, 0.25) is 0 Å². The number of rotatable bonds is 3. The molecule has 0 fully saturated rings. The normalized spacial score (nSPS) is 15.7. The number of hydrogen-bond donors (Lipinski definition) is 2. The topological polar surface area (TPSA) is 103 Å². The number of fused-ring (bicyclic) bond motifs is 1. The van der Waals surface area contributed by atoms with Crippen molar-refractivity contribution in [2.45, 2.75) is 4.90 Å². The van der Waals surface area contributed by atoms with Crippen LogP contribution >= 0.6 is 0 Å². The number of hydrogen-bond acceptors (Lipinski definition) is 6. The van der Waals surface area contributed by atoms with Gasteiger partial charge in [0.25, 0.3) is 15.9 Å². The summed E-state index contributed by atoms with van der Waals surface area (Å²) in [6.45, 7) is 0. The minimum atomic E-state index is -3.95. The van der Waals surface area contributed by atoms with Crippen LogP contribution in [0, 0.1) is 0 Å². The van der Waals surface area contributed by atoms with Gasteiger partial charge in [0.2, 0.25) is 0 Å². The molecule has 0 atom stereocenters. The summed E-state index contributed by atoms with van der Waals surface area (Å²) in [6.07, 6.45) is 1.50. The van der Waals surface area contributed by atoms with Crippen molar-refractivity contribution in [1.29, 1.82) is 0 Å². The second kappa shape index (κ2) is 6.19. The molecule has 130 valence electrons. The van der Waals surface area contributed by atoms with Gasteiger partial charge in [-0.05, 0) is 24.3 Å². The molecule has 8 nitrogen and oxygen atoms in total. The summed E-state index contributed by atoms with van der Waals surface area (Å²) in [5, 5.41) is 11.6. The molecular formula is C16H16N4O4S. The molecule has 2 aromatic rings. The molecule has 0 saturated carbocycles. The van der Waals surface area contributed by atoms with Crippen LogP contribution in [0.1, 0.15) is 5.56 Å². The van der Waals surface area contributed by atoms with Gasteiger partial charge >= 0.3 is 0 Å². The van der Waals surface area contributed by atoms with Gasteiger partial charge in [0.1, 0.15) is 5.82 Å². The minimum absolute atomic E-state index is 0.0552. The van der Waals surface area contributed by atoms with Gasteiger partial charge in [-0.15, -0.1) is 0 Å². The Morgan fingerprint density at radius 1 is 1.20 bits per heavy atom. The predicted molar refractivity (Wildman–Crippen MR) is 91.7 cm³/mol. The molecule has 1 aliphatic heterocycles. The van der Waals surface area contributed by atoms with E-state index in [0.717, 1.165) is 9.31 Å². The van der Waals surface area contributed by atoms with Crippen LogP contribution in [-0.2, 0) is 14.8 Å². The molecule has 3 rings (SSSR count). The molecule has 1 amide bonds. The van der Waals surface area contributed by atoms with E-state index in [1.54, 1.807) is 30.3 Å². The summed E-state index contributed by atoms with van der Waals surface area (Å²) in [5.74, 6) is -0.895. The van der Waals surface area contributed by atoms with Crippen molar-refractivity contribution in [2.75, 3.05) is 19.1 Å². The van der Waals surface area contributed by atoms with Gasteiger partial charge in [0.05, 0.1) is 4.90 Å². The minimum Gasteiger partial charge on any atom is -0.505 e. The standard InChI is InChI=1S/C16H16N4O4S/c1-17-20(13-9-5-6-10-18-13)16(22)14-15(21)11-7-3-4-8-12(11)25(23,24)19(14)2/h3-10,17,21H,1-2H3. The van der Waals surface area contributed by atoms with E-state index in [-0.39, 0.29) is 22.0 Å². The number of aliphatic hydroxyl groups is 1. The van der Waals surface area contributed by atoms with Crippen molar-refractivity contribution in [1.82, 2.24) is 14.7 Å². The summed E-state index contributed by atoms with van der Waals surface area (Å²) < 4.78 is 26.1. The summed E-state index contributed by atoms with van der Waals surface area (Å²) >= 11 is 0. The molecule has 0 saturated heterocycles. The first kappa shape index (κ1) is 16.9. The van der Waals surface area contributed by atoms with Gasteiger partial charge in [-0.3, -0.25) is 9.10 Å². The lowest BCUT2D eigenvalue weighted by Gasteiger charge is -2.31. The number of benzene rings is 1. The fourth-order valence-corrected chi connectivity index (χ4v) is 3.97. The zero-order valence-electron chi connectivity index (χ0n) is 13.5. The molecule has 0 bridgehead atoms. The Bertz CT molecular complexity index is 957. The van der Waals surface area contributed by atoms with E-state index in [1.165, 1.54) is 32.4 Å². The van der Waals surface area contributed by atoms with Crippen molar-refractivity contribution in [3.8, 4) is 0 Å². The van der Waals surface area contributed by atoms with E-state index in [4.69, 9.17) is 0 Å². The van der Waals surface area contributed by atoms with Crippen LogP contribution in [0.25, 0.3) is 5.76 Å². The Balaban J connectivity index is 2.17. The van der Waals surface area contributed by atoms with Crippen molar-refractivity contribution in [2.24, 2.45) is 0 Å². The van der Waals surface area contributed by atoms with Crippen molar-refractivity contribution < 1.29 is 18.3 Å². The second-order valence-electron chi connectivity index (χ2n) is 5.22. The van der Waals surface area contributed by atoms with Gasteiger partial charge in [-0.25, -0.2) is 23.8 Å². The van der Waals surface area contributed by atoms with Gasteiger partial charge in [0.15, 0.2) is 11.5 Å². The third-order valence-corrected chi connectivity index (χ3v) is 5.64. The Morgan fingerprint density at radius 2 is 1.88 bits per heavy atom. The molecule has 1 aromatic heterocycles. The lowest BCUT2D eigenvalue weighted by Crippen LogP contribution is -2.47. The fourth-order valence-electron chi connectivity index (χ4n) is 2.58. The summed E-state index contributed by atoms with van der Waals surface area (Å²) in [6, 6.07) is 10.9. The zero-order chi connectivity index (χ0) is 18.2. The number of carbonyl (C=O) groups is 1. The quantitative estimate of drug-likeness (QED) is 0.795. The maximum Gasteiger partial charge on any atom is 0.295 e. The van der Waals surface area contributed by atoms with Crippen LogP contribution in [0.4, 0.5) is 5.82 Å². The highest BCUT2D eigenvalue weighted by Gasteiger charge is 2.39. The van der Waals surface area contributed by atoms with Gasteiger partial charge in [-0.2, -0.15) is 0 Å². The number of nitrogens with one attached hydrogen (secondary N) is 1. The number of likely N-dealkylation sites (N-methyl/N-ethyl adjacent to an activating group) is 1. The average Bonchev–Trinajstić information content (AvgIpc) is 2.62. The molecule has 0 aliphatic carbocycles. The Morgan fingerprint density at radius 3 is 2.52 bits per heavy atom. The van der Waals surface area contributed by atoms with E-state index < -0.39 is 21.7 Å². The lowest BCUT2D eigenvalue weighted by atomic mass is 10.1. The zero-order valence-corrected chi connectivity index (χ0v) is 14.4.